The van der Waals surface area contributed by atoms with Crippen molar-refractivity contribution in [3.63, 3.8) is 0 Å². The van der Waals surface area contributed by atoms with Gasteiger partial charge in [-0.15, -0.1) is 0 Å². The Hall–Kier alpha value is -2.06. The summed E-state index contributed by atoms with van der Waals surface area (Å²) in [5.74, 6) is -0.798. The summed E-state index contributed by atoms with van der Waals surface area (Å²) in [6.45, 7) is 0. The van der Waals surface area contributed by atoms with Gasteiger partial charge in [-0.3, -0.25) is 4.79 Å². The summed E-state index contributed by atoms with van der Waals surface area (Å²) in [5.41, 5.74) is -1.26. The van der Waals surface area contributed by atoms with E-state index in [9.17, 15) is 18.0 Å². The molecule has 0 radical (unpaired) electrons. The van der Waals surface area contributed by atoms with E-state index >= 15 is 0 Å². The van der Waals surface area contributed by atoms with Crippen LogP contribution in [0.25, 0.3) is 0 Å². The number of alkyl halides is 3. The number of carbonyl (C=O) groups excluding carboxylic acids is 1. The number of nitrogens with one attached hydrogen (secondary N) is 2. The number of pyridine rings is 2. The first-order valence-corrected chi connectivity index (χ1v) is 6.86. The third-order valence-electron chi connectivity index (χ3n) is 2.74. The van der Waals surface area contributed by atoms with Crippen molar-refractivity contribution in [2.75, 3.05) is 17.7 Å². The minimum atomic E-state index is -4.64. The topological polar surface area (TPSA) is 66.9 Å². The first-order valence-electron chi connectivity index (χ1n) is 6.10. The summed E-state index contributed by atoms with van der Waals surface area (Å²) in [6, 6.07) is 3.45. The van der Waals surface area contributed by atoms with E-state index < -0.39 is 17.8 Å². The number of nitrogens with zero attached hydrogens (tertiary/aromatic N) is 2. The molecule has 122 valence electrons. The fourth-order valence-electron chi connectivity index (χ4n) is 1.67. The Morgan fingerprint density at radius 3 is 2.52 bits per heavy atom. The van der Waals surface area contributed by atoms with Gasteiger partial charge in [0, 0.05) is 7.05 Å². The monoisotopic (exact) mass is 364 g/mol. The Morgan fingerprint density at radius 1 is 1.22 bits per heavy atom. The third kappa shape index (κ3) is 4.02. The molecule has 0 aliphatic heterocycles. The summed E-state index contributed by atoms with van der Waals surface area (Å²) in [7, 11) is 1.48. The van der Waals surface area contributed by atoms with E-state index in [2.05, 4.69) is 20.6 Å². The van der Waals surface area contributed by atoms with Crippen molar-refractivity contribution in [1.82, 2.24) is 9.97 Å². The minimum absolute atomic E-state index is 0.0167. The molecule has 2 N–H and O–H groups in total. The first-order chi connectivity index (χ1) is 10.7. The molecule has 0 fully saturated rings. The quantitative estimate of drug-likeness (QED) is 0.804. The van der Waals surface area contributed by atoms with Gasteiger partial charge in [0.15, 0.2) is 0 Å². The van der Waals surface area contributed by atoms with Crippen LogP contribution in [0, 0.1) is 0 Å². The van der Waals surface area contributed by atoms with E-state index in [4.69, 9.17) is 23.2 Å². The van der Waals surface area contributed by atoms with Crippen molar-refractivity contribution in [1.29, 1.82) is 0 Å². The van der Waals surface area contributed by atoms with Gasteiger partial charge in [0.25, 0.3) is 5.91 Å². The summed E-state index contributed by atoms with van der Waals surface area (Å²) in [4.78, 5) is 19.2. The molecule has 0 aromatic carbocycles. The highest BCUT2D eigenvalue weighted by atomic mass is 35.5. The maximum atomic E-state index is 12.7. The molecule has 0 spiro atoms. The molecule has 2 rings (SSSR count). The van der Waals surface area contributed by atoms with Crippen LogP contribution in [0.5, 0.6) is 0 Å². The van der Waals surface area contributed by atoms with E-state index in [1.807, 2.05) is 0 Å². The van der Waals surface area contributed by atoms with Crippen LogP contribution in [-0.4, -0.2) is 22.9 Å². The zero-order valence-corrected chi connectivity index (χ0v) is 13.0. The van der Waals surface area contributed by atoms with Crippen molar-refractivity contribution in [3.8, 4) is 0 Å². The average Bonchev–Trinajstić information content (AvgIpc) is 2.48. The molecule has 23 heavy (non-hydrogen) atoms. The van der Waals surface area contributed by atoms with Crippen LogP contribution < -0.4 is 10.6 Å². The number of rotatable bonds is 3. The second kappa shape index (κ2) is 6.59. The average molecular weight is 365 g/mol. The minimum Gasteiger partial charge on any atom is -0.385 e. The standard InChI is InChI=1S/C13H9Cl2F3N4O/c1-19-8-5-20-9(13(16,17)18)4-7(8)21-12(23)11-6(14)2-3-10(15)22-11/h2-5,19H,1H3,(H,20,21,23). The first kappa shape index (κ1) is 17.3. The lowest BCUT2D eigenvalue weighted by Crippen LogP contribution is -2.17. The Balaban J connectivity index is 2.38. The number of aromatic nitrogens is 2. The fourth-order valence-corrected chi connectivity index (χ4v) is 2.01. The van der Waals surface area contributed by atoms with Crippen LogP contribution in [0.15, 0.2) is 24.4 Å². The summed E-state index contributed by atoms with van der Waals surface area (Å²) in [6.07, 6.45) is -3.68. The number of halogens is 5. The number of anilines is 2. The number of carbonyl (C=O) groups is 1. The number of amides is 1. The summed E-state index contributed by atoms with van der Waals surface area (Å²) < 4.78 is 38.2. The maximum absolute atomic E-state index is 12.7. The normalized spacial score (nSPS) is 11.2. The smallest absolute Gasteiger partial charge is 0.385 e. The van der Waals surface area contributed by atoms with Gasteiger partial charge in [0.05, 0.1) is 22.6 Å². The zero-order valence-electron chi connectivity index (χ0n) is 11.5. The van der Waals surface area contributed by atoms with Gasteiger partial charge in [-0.1, -0.05) is 23.2 Å². The van der Waals surface area contributed by atoms with Crippen LogP contribution in [0.4, 0.5) is 24.5 Å². The van der Waals surface area contributed by atoms with Gasteiger partial charge in [-0.25, -0.2) is 9.97 Å². The predicted molar refractivity (Wildman–Crippen MR) is 81.0 cm³/mol. The molecule has 1 amide bonds. The largest absolute Gasteiger partial charge is 0.433 e. The molecule has 0 aliphatic carbocycles. The van der Waals surface area contributed by atoms with Gasteiger partial charge in [0.1, 0.15) is 16.5 Å². The summed E-state index contributed by atoms with van der Waals surface area (Å²) in [5, 5.41) is 4.99. The molecule has 0 bridgehead atoms. The highest BCUT2D eigenvalue weighted by molar-refractivity contribution is 6.35. The lowest BCUT2D eigenvalue weighted by Gasteiger charge is -2.13. The van der Waals surface area contributed by atoms with Gasteiger partial charge < -0.3 is 10.6 Å². The number of hydrogen-bond donors (Lipinski definition) is 2. The molecule has 2 aromatic heterocycles. The molecular formula is C13H9Cl2F3N4O. The van der Waals surface area contributed by atoms with Crippen LogP contribution in [0.3, 0.4) is 0 Å². The van der Waals surface area contributed by atoms with Crippen LogP contribution in [0.1, 0.15) is 16.2 Å². The molecular weight excluding hydrogens is 356 g/mol. The molecule has 2 heterocycles. The molecule has 10 heteroatoms. The van der Waals surface area contributed by atoms with Crippen molar-refractivity contribution in [2.24, 2.45) is 0 Å². The Bertz CT molecular complexity index is 752. The van der Waals surface area contributed by atoms with E-state index in [0.29, 0.717) is 6.07 Å². The highest BCUT2D eigenvalue weighted by Gasteiger charge is 2.33. The second-order valence-electron chi connectivity index (χ2n) is 4.28. The number of hydrogen-bond acceptors (Lipinski definition) is 4. The molecule has 2 aromatic rings. The van der Waals surface area contributed by atoms with E-state index in [1.165, 1.54) is 19.2 Å². The second-order valence-corrected chi connectivity index (χ2v) is 5.08. The maximum Gasteiger partial charge on any atom is 0.433 e. The van der Waals surface area contributed by atoms with Crippen LogP contribution >= 0.6 is 23.2 Å². The van der Waals surface area contributed by atoms with Gasteiger partial charge in [-0.2, -0.15) is 13.2 Å². The van der Waals surface area contributed by atoms with E-state index in [0.717, 1.165) is 6.20 Å². The lowest BCUT2D eigenvalue weighted by molar-refractivity contribution is -0.141. The van der Waals surface area contributed by atoms with Crippen molar-refractivity contribution >= 4 is 40.5 Å². The Morgan fingerprint density at radius 2 is 1.91 bits per heavy atom. The van der Waals surface area contributed by atoms with Crippen LogP contribution in [-0.2, 0) is 6.18 Å². The lowest BCUT2D eigenvalue weighted by atomic mass is 10.2. The van der Waals surface area contributed by atoms with Crippen molar-refractivity contribution in [3.05, 3.63) is 46.0 Å². The van der Waals surface area contributed by atoms with Gasteiger partial charge >= 0.3 is 6.18 Å². The van der Waals surface area contributed by atoms with Gasteiger partial charge in [0.2, 0.25) is 0 Å². The van der Waals surface area contributed by atoms with Crippen molar-refractivity contribution in [2.45, 2.75) is 6.18 Å². The van der Waals surface area contributed by atoms with Crippen LogP contribution in [0.2, 0.25) is 10.2 Å². The Kier molecular flexibility index (Phi) is 4.96. The molecule has 0 saturated carbocycles. The third-order valence-corrected chi connectivity index (χ3v) is 3.25. The van der Waals surface area contributed by atoms with E-state index in [-0.39, 0.29) is 27.2 Å². The fraction of sp³-hybridized carbons (Fsp3) is 0.154. The molecule has 5 nitrogen and oxygen atoms in total. The SMILES string of the molecule is CNc1cnc(C(F)(F)F)cc1NC(=O)c1nc(Cl)ccc1Cl. The highest BCUT2D eigenvalue weighted by Crippen LogP contribution is 2.32. The molecule has 0 unspecified atom stereocenters. The van der Waals surface area contributed by atoms with E-state index in [1.54, 1.807) is 0 Å². The van der Waals surface area contributed by atoms with Gasteiger partial charge in [-0.05, 0) is 18.2 Å². The molecule has 0 aliphatic rings. The molecule has 0 saturated heterocycles. The Labute approximate surface area is 138 Å². The predicted octanol–water partition coefficient (Wildman–Crippen LogP) is 4.10. The summed E-state index contributed by atoms with van der Waals surface area (Å²) >= 11 is 11.5. The molecule has 0 atom stereocenters. The zero-order chi connectivity index (χ0) is 17.2. The van der Waals surface area contributed by atoms with Crippen molar-refractivity contribution < 1.29 is 18.0 Å².